The largest absolute Gasteiger partial charge is 0.491 e. The van der Waals surface area contributed by atoms with Crippen LogP contribution in [0.3, 0.4) is 0 Å². The summed E-state index contributed by atoms with van der Waals surface area (Å²) in [4.78, 5) is 13.3. The monoisotopic (exact) mass is 274 g/mol. The number of para-hydroxylation sites is 1. The highest BCUT2D eigenvalue weighted by atomic mass is 16.5. The van der Waals surface area contributed by atoms with Crippen molar-refractivity contribution < 1.29 is 14.6 Å². The molecule has 0 spiro atoms. The van der Waals surface area contributed by atoms with Crippen LogP contribution in [0.15, 0.2) is 24.3 Å². The lowest BCUT2D eigenvalue weighted by Gasteiger charge is -2.20. The van der Waals surface area contributed by atoms with Gasteiger partial charge in [0.05, 0.1) is 6.07 Å². The molecule has 1 aromatic carbocycles. The fraction of sp³-hybridized carbons (Fsp3) is 0.467. The van der Waals surface area contributed by atoms with Crippen LogP contribution in [-0.4, -0.2) is 41.7 Å². The van der Waals surface area contributed by atoms with E-state index in [4.69, 9.17) is 15.1 Å². The molecule has 0 amide bonds. The smallest absolute Gasteiger partial charge is 0.339 e. The van der Waals surface area contributed by atoms with Crippen LogP contribution in [0, 0.1) is 11.3 Å². The van der Waals surface area contributed by atoms with E-state index in [2.05, 4.69) is 11.0 Å². The summed E-state index contributed by atoms with van der Waals surface area (Å²) in [5.74, 6) is -0.583. The maximum Gasteiger partial charge on any atom is 0.339 e. The summed E-state index contributed by atoms with van der Waals surface area (Å²) in [6.07, 6.45) is 2.87. The fourth-order valence-corrected chi connectivity index (χ4v) is 2.15. The van der Waals surface area contributed by atoms with E-state index in [1.165, 1.54) is 18.9 Å². The number of carbonyl (C=O) groups is 1. The van der Waals surface area contributed by atoms with Gasteiger partial charge in [0.1, 0.15) is 17.9 Å². The quantitative estimate of drug-likeness (QED) is 0.786. The second kappa shape index (κ2) is 6.92. The minimum Gasteiger partial charge on any atom is -0.491 e. The maximum atomic E-state index is 11.1. The molecule has 20 heavy (non-hydrogen) atoms. The van der Waals surface area contributed by atoms with Crippen molar-refractivity contribution in [2.45, 2.75) is 25.3 Å². The van der Waals surface area contributed by atoms with Gasteiger partial charge in [-0.1, -0.05) is 12.1 Å². The number of benzene rings is 1. The molecule has 0 aliphatic heterocycles. The Kier molecular flexibility index (Phi) is 4.97. The Hall–Kier alpha value is -2.06. The lowest BCUT2D eigenvalue weighted by atomic mass is 10.2. The highest BCUT2D eigenvalue weighted by Crippen LogP contribution is 2.26. The Morgan fingerprint density at radius 3 is 2.80 bits per heavy atom. The van der Waals surface area contributed by atoms with Crippen LogP contribution in [0.4, 0.5) is 0 Å². The molecule has 1 N–H and O–H groups in total. The molecule has 1 aliphatic carbocycles. The molecule has 0 radical (unpaired) electrons. The normalized spacial score (nSPS) is 14.0. The number of rotatable bonds is 8. The molecule has 5 nitrogen and oxygen atoms in total. The molecule has 0 saturated heterocycles. The van der Waals surface area contributed by atoms with Gasteiger partial charge in [-0.3, -0.25) is 4.90 Å². The van der Waals surface area contributed by atoms with Crippen LogP contribution in [0.5, 0.6) is 5.75 Å². The van der Waals surface area contributed by atoms with Crippen LogP contribution in [0.1, 0.15) is 29.6 Å². The van der Waals surface area contributed by atoms with Gasteiger partial charge in [-0.2, -0.15) is 5.26 Å². The summed E-state index contributed by atoms with van der Waals surface area (Å²) in [6, 6.07) is 9.36. The van der Waals surface area contributed by atoms with Gasteiger partial charge in [-0.25, -0.2) is 4.79 Å². The average molecular weight is 274 g/mol. The Morgan fingerprint density at radius 1 is 1.40 bits per heavy atom. The van der Waals surface area contributed by atoms with E-state index >= 15 is 0 Å². The highest BCUT2D eigenvalue weighted by molar-refractivity contribution is 5.90. The topological polar surface area (TPSA) is 73.6 Å². The van der Waals surface area contributed by atoms with Gasteiger partial charge in [-0.05, 0) is 25.0 Å². The second-order valence-electron chi connectivity index (χ2n) is 4.83. The lowest BCUT2D eigenvalue weighted by Crippen LogP contribution is -2.31. The standard InChI is InChI=1S/C15H18N2O3/c16-8-3-9-17(12-6-7-12)10-11-20-14-5-2-1-4-13(14)15(18)19/h1-2,4-5,12H,3,6-7,9-11H2,(H,18,19). The van der Waals surface area contributed by atoms with Crippen LogP contribution in [-0.2, 0) is 0 Å². The van der Waals surface area contributed by atoms with Crippen molar-refractivity contribution in [3.05, 3.63) is 29.8 Å². The number of hydrogen-bond donors (Lipinski definition) is 1. The minimum atomic E-state index is -0.982. The summed E-state index contributed by atoms with van der Waals surface area (Å²) in [6.45, 7) is 1.91. The van der Waals surface area contributed by atoms with Crippen molar-refractivity contribution in [2.24, 2.45) is 0 Å². The fourth-order valence-electron chi connectivity index (χ4n) is 2.15. The van der Waals surface area contributed by atoms with Gasteiger partial charge >= 0.3 is 5.97 Å². The number of hydrogen-bond acceptors (Lipinski definition) is 4. The number of aromatic carboxylic acids is 1. The van der Waals surface area contributed by atoms with Gasteiger partial charge in [0, 0.05) is 25.6 Å². The predicted molar refractivity (Wildman–Crippen MR) is 73.7 cm³/mol. The molecule has 1 saturated carbocycles. The number of nitrogens with zero attached hydrogens (tertiary/aromatic N) is 2. The number of ether oxygens (including phenoxy) is 1. The maximum absolute atomic E-state index is 11.1. The number of carboxylic acids is 1. The molecule has 2 rings (SSSR count). The third kappa shape index (κ3) is 3.97. The molecule has 1 aliphatic rings. The molecule has 1 fully saturated rings. The predicted octanol–water partition coefficient (Wildman–Crippen LogP) is 2.14. The van der Waals surface area contributed by atoms with Crippen molar-refractivity contribution in [3.63, 3.8) is 0 Å². The van der Waals surface area contributed by atoms with E-state index in [-0.39, 0.29) is 5.56 Å². The summed E-state index contributed by atoms with van der Waals surface area (Å²) in [7, 11) is 0. The zero-order valence-electron chi connectivity index (χ0n) is 11.3. The number of nitriles is 1. The highest BCUT2D eigenvalue weighted by Gasteiger charge is 2.28. The Labute approximate surface area is 118 Å². The molecule has 5 heteroatoms. The van der Waals surface area contributed by atoms with E-state index in [1.54, 1.807) is 18.2 Å². The molecular formula is C15H18N2O3. The first-order valence-electron chi connectivity index (χ1n) is 6.78. The van der Waals surface area contributed by atoms with E-state index in [0.29, 0.717) is 24.8 Å². The molecule has 0 unspecified atom stereocenters. The van der Waals surface area contributed by atoms with Crippen molar-refractivity contribution >= 4 is 5.97 Å². The summed E-state index contributed by atoms with van der Waals surface area (Å²) < 4.78 is 5.58. The zero-order valence-corrected chi connectivity index (χ0v) is 11.3. The van der Waals surface area contributed by atoms with Crippen LogP contribution in [0.25, 0.3) is 0 Å². The van der Waals surface area contributed by atoms with Gasteiger partial charge in [0.2, 0.25) is 0 Å². The van der Waals surface area contributed by atoms with E-state index in [0.717, 1.165) is 13.1 Å². The van der Waals surface area contributed by atoms with Gasteiger partial charge in [0.25, 0.3) is 0 Å². The summed E-state index contributed by atoms with van der Waals surface area (Å²) in [5.41, 5.74) is 0.183. The molecular weight excluding hydrogens is 256 g/mol. The summed E-state index contributed by atoms with van der Waals surface area (Å²) >= 11 is 0. The Balaban J connectivity index is 1.85. The third-order valence-corrected chi connectivity index (χ3v) is 3.33. The van der Waals surface area contributed by atoms with E-state index in [1.807, 2.05) is 0 Å². The van der Waals surface area contributed by atoms with Crippen molar-refractivity contribution in [1.29, 1.82) is 5.26 Å². The van der Waals surface area contributed by atoms with E-state index in [9.17, 15) is 4.79 Å². The number of carboxylic acid groups (broad SMARTS) is 1. The molecule has 1 aromatic rings. The average Bonchev–Trinajstić information content (AvgIpc) is 3.27. The molecule has 0 heterocycles. The second-order valence-corrected chi connectivity index (χ2v) is 4.83. The SMILES string of the molecule is N#CCCN(CCOc1ccccc1C(=O)O)C1CC1. The Bertz CT molecular complexity index is 506. The van der Waals surface area contributed by atoms with Crippen LogP contribution in [0.2, 0.25) is 0 Å². The molecule has 106 valence electrons. The van der Waals surface area contributed by atoms with Gasteiger partial charge in [-0.15, -0.1) is 0 Å². The van der Waals surface area contributed by atoms with E-state index < -0.39 is 5.97 Å². The zero-order chi connectivity index (χ0) is 14.4. The van der Waals surface area contributed by atoms with Crippen LogP contribution < -0.4 is 4.74 Å². The minimum absolute atomic E-state index is 0.183. The van der Waals surface area contributed by atoms with Crippen LogP contribution >= 0.6 is 0 Å². The Morgan fingerprint density at radius 2 is 2.15 bits per heavy atom. The molecule has 0 aromatic heterocycles. The first-order chi connectivity index (χ1) is 9.72. The van der Waals surface area contributed by atoms with Crippen molar-refractivity contribution in [1.82, 2.24) is 4.90 Å². The van der Waals surface area contributed by atoms with Gasteiger partial charge in [0.15, 0.2) is 0 Å². The molecule has 0 atom stereocenters. The van der Waals surface area contributed by atoms with Crippen molar-refractivity contribution in [3.8, 4) is 11.8 Å². The van der Waals surface area contributed by atoms with Crippen molar-refractivity contribution in [2.75, 3.05) is 19.7 Å². The third-order valence-electron chi connectivity index (χ3n) is 3.33. The first kappa shape index (κ1) is 14.4. The van der Waals surface area contributed by atoms with Gasteiger partial charge < -0.3 is 9.84 Å². The first-order valence-corrected chi connectivity index (χ1v) is 6.78. The summed E-state index contributed by atoms with van der Waals surface area (Å²) in [5, 5.41) is 17.7. The molecule has 0 bridgehead atoms. The lowest BCUT2D eigenvalue weighted by molar-refractivity contribution is 0.0691.